The number of nitrogens with zero attached hydrogens (tertiary/aromatic N) is 1. The van der Waals surface area contributed by atoms with Gasteiger partial charge < -0.3 is 5.32 Å². The predicted octanol–water partition coefficient (Wildman–Crippen LogP) is 5.46. The molecule has 0 unspecified atom stereocenters. The highest BCUT2D eigenvalue weighted by Gasteiger charge is 2.30. The van der Waals surface area contributed by atoms with Crippen LogP contribution in [0.15, 0.2) is 67.3 Å². The highest BCUT2D eigenvalue weighted by atomic mass is 19.4. The maximum absolute atomic E-state index is 12.9. The fourth-order valence-electron chi connectivity index (χ4n) is 2.98. The molecule has 0 bridgehead atoms. The molecule has 0 atom stereocenters. The molecule has 0 aliphatic rings. The molecular weight excluding hydrogens is 365 g/mol. The Hall–Kier alpha value is -3.15. The van der Waals surface area contributed by atoms with Crippen LogP contribution in [0.3, 0.4) is 0 Å². The van der Waals surface area contributed by atoms with Gasteiger partial charge in [0.05, 0.1) is 22.5 Å². The van der Waals surface area contributed by atoms with E-state index in [1.807, 2.05) is 44.2 Å². The van der Waals surface area contributed by atoms with E-state index in [1.165, 1.54) is 18.2 Å². The Bertz CT molecular complexity index is 1040. The molecule has 1 heterocycles. The van der Waals surface area contributed by atoms with Gasteiger partial charge in [0.25, 0.3) is 0 Å². The number of alkyl halides is 3. The number of carbonyl (C=O) groups excluding carboxylic acids is 1. The third kappa shape index (κ3) is 3.91. The van der Waals surface area contributed by atoms with Crippen LogP contribution in [0.4, 0.5) is 13.2 Å². The fourth-order valence-corrected chi connectivity index (χ4v) is 2.98. The van der Waals surface area contributed by atoms with Crippen LogP contribution in [-0.2, 0) is 16.5 Å². The molecule has 3 nitrogen and oxygen atoms in total. The molecule has 1 aromatic heterocycles. The van der Waals surface area contributed by atoms with Gasteiger partial charge in [-0.1, -0.05) is 43.0 Å². The SMILES string of the molecule is C=CC(=O)NC(C)(C)c1cc2ccccc2c(-c2ccc(C(F)(F)F)cc2)n1. The average Bonchev–Trinajstić information content (AvgIpc) is 2.66. The summed E-state index contributed by atoms with van der Waals surface area (Å²) in [5.41, 5.74) is 0.210. The Balaban J connectivity index is 2.16. The lowest BCUT2D eigenvalue weighted by molar-refractivity contribution is -0.137. The molecule has 0 aliphatic carbocycles. The lowest BCUT2D eigenvalue weighted by Gasteiger charge is -2.26. The van der Waals surface area contributed by atoms with Crippen LogP contribution >= 0.6 is 0 Å². The number of aromatic nitrogens is 1. The van der Waals surface area contributed by atoms with Crippen LogP contribution < -0.4 is 5.32 Å². The van der Waals surface area contributed by atoms with Crippen molar-refractivity contribution in [2.24, 2.45) is 0 Å². The highest BCUT2D eigenvalue weighted by molar-refractivity contribution is 5.95. The number of benzene rings is 2. The molecule has 0 saturated carbocycles. The minimum atomic E-state index is -4.40. The molecule has 0 fully saturated rings. The summed E-state index contributed by atoms with van der Waals surface area (Å²) in [6.07, 6.45) is -3.22. The van der Waals surface area contributed by atoms with E-state index in [4.69, 9.17) is 4.98 Å². The van der Waals surface area contributed by atoms with Gasteiger partial charge in [-0.25, -0.2) is 4.98 Å². The zero-order chi connectivity index (χ0) is 20.5. The molecular formula is C22H19F3N2O. The molecule has 6 heteroatoms. The third-order valence-corrected chi connectivity index (χ3v) is 4.49. The normalized spacial score (nSPS) is 12.0. The minimum Gasteiger partial charge on any atom is -0.342 e. The molecule has 0 spiro atoms. The Morgan fingerprint density at radius 2 is 1.71 bits per heavy atom. The van der Waals surface area contributed by atoms with E-state index in [0.29, 0.717) is 17.0 Å². The maximum Gasteiger partial charge on any atom is 0.416 e. The van der Waals surface area contributed by atoms with Crippen LogP contribution in [0.2, 0.25) is 0 Å². The molecule has 0 radical (unpaired) electrons. The number of amides is 1. The monoisotopic (exact) mass is 384 g/mol. The number of pyridine rings is 1. The third-order valence-electron chi connectivity index (χ3n) is 4.49. The Kier molecular flexibility index (Phi) is 4.98. The van der Waals surface area contributed by atoms with E-state index >= 15 is 0 Å². The largest absolute Gasteiger partial charge is 0.416 e. The zero-order valence-electron chi connectivity index (χ0n) is 15.5. The zero-order valence-corrected chi connectivity index (χ0v) is 15.5. The number of hydrogen-bond donors (Lipinski definition) is 1. The van der Waals surface area contributed by atoms with Crippen molar-refractivity contribution in [3.63, 3.8) is 0 Å². The lowest BCUT2D eigenvalue weighted by Crippen LogP contribution is -2.40. The molecule has 2 aromatic carbocycles. The summed E-state index contributed by atoms with van der Waals surface area (Å²) in [4.78, 5) is 16.5. The summed E-state index contributed by atoms with van der Waals surface area (Å²) < 4.78 is 38.7. The Labute approximate surface area is 160 Å². The average molecular weight is 384 g/mol. The van der Waals surface area contributed by atoms with Gasteiger partial charge >= 0.3 is 6.18 Å². The number of hydrogen-bond acceptors (Lipinski definition) is 2. The van der Waals surface area contributed by atoms with Gasteiger partial charge in [0.15, 0.2) is 0 Å². The summed E-state index contributed by atoms with van der Waals surface area (Å²) in [6.45, 7) is 7.07. The van der Waals surface area contributed by atoms with E-state index in [0.717, 1.165) is 22.9 Å². The van der Waals surface area contributed by atoms with Crippen LogP contribution in [0.25, 0.3) is 22.0 Å². The van der Waals surface area contributed by atoms with Crippen molar-refractivity contribution in [2.75, 3.05) is 0 Å². The van der Waals surface area contributed by atoms with Crippen molar-refractivity contribution in [1.82, 2.24) is 10.3 Å². The number of carbonyl (C=O) groups is 1. The molecule has 0 saturated heterocycles. The maximum atomic E-state index is 12.9. The molecule has 144 valence electrons. The van der Waals surface area contributed by atoms with Crippen LogP contribution in [0, 0.1) is 0 Å². The van der Waals surface area contributed by atoms with Gasteiger partial charge in [-0.05, 0) is 43.5 Å². The van der Waals surface area contributed by atoms with E-state index in [1.54, 1.807) is 0 Å². The summed E-state index contributed by atoms with van der Waals surface area (Å²) in [5.74, 6) is -0.337. The van der Waals surface area contributed by atoms with E-state index < -0.39 is 17.3 Å². The summed E-state index contributed by atoms with van der Waals surface area (Å²) in [5, 5.41) is 4.52. The fraction of sp³-hybridized carbons (Fsp3) is 0.182. The van der Waals surface area contributed by atoms with Crippen molar-refractivity contribution in [3.8, 4) is 11.3 Å². The standard InChI is InChI=1S/C22H19F3N2O/c1-4-19(28)27-21(2,3)18-13-15-7-5-6-8-17(15)20(26-18)14-9-11-16(12-10-14)22(23,24)25/h4-13H,1H2,2-3H3,(H,27,28). The van der Waals surface area contributed by atoms with Gasteiger partial charge in [0.1, 0.15) is 0 Å². The summed E-state index contributed by atoms with van der Waals surface area (Å²) in [6, 6.07) is 14.3. The second kappa shape index (κ2) is 7.11. The van der Waals surface area contributed by atoms with Crippen molar-refractivity contribution in [2.45, 2.75) is 25.6 Å². The molecule has 28 heavy (non-hydrogen) atoms. The van der Waals surface area contributed by atoms with Crippen molar-refractivity contribution in [3.05, 3.63) is 78.5 Å². The summed E-state index contributed by atoms with van der Waals surface area (Å²) >= 11 is 0. The molecule has 1 N–H and O–H groups in total. The van der Waals surface area contributed by atoms with Crippen molar-refractivity contribution >= 4 is 16.7 Å². The van der Waals surface area contributed by atoms with Crippen LogP contribution in [-0.4, -0.2) is 10.9 Å². The predicted molar refractivity (Wildman–Crippen MR) is 104 cm³/mol. The van der Waals surface area contributed by atoms with E-state index in [2.05, 4.69) is 11.9 Å². The smallest absolute Gasteiger partial charge is 0.342 e. The van der Waals surface area contributed by atoms with E-state index in [-0.39, 0.29) is 5.91 Å². The number of nitrogens with one attached hydrogen (secondary N) is 1. The molecule has 3 rings (SSSR count). The van der Waals surface area contributed by atoms with Crippen molar-refractivity contribution in [1.29, 1.82) is 0 Å². The highest BCUT2D eigenvalue weighted by Crippen LogP contribution is 2.34. The number of rotatable bonds is 4. The van der Waals surface area contributed by atoms with Crippen molar-refractivity contribution < 1.29 is 18.0 Å². The van der Waals surface area contributed by atoms with Gasteiger partial charge in [-0.2, -0.15) is 13.2 Å². The van der Waals surface area contributed by atoms with Gasteiger partial charge in [-0.3, -0.25) is 4.79 Å². The second-order valence-corrected chi connectivity index (χ2v) is 6.97. The first-order valence-corrected chi connectivity index (χ1v) is 8.64. The molecule has 1 amide bonds. The number of halogens is 3. The first kappa shape index (κ1) is 19.6. The molecule has 3 aromatic rings. The quantitative estimate of drug-likeness (QED) is 0.607. The van der Waals surface area contributed by atoms with E-state index in [9.17, 15) is 18.0 Å². The molecule has 0 aliphatic heterocycles. The van der Waals surface area contributed by atoms with Gasteiger partial charge in [0.2, 0.25) is 5.91 Å². The Morgan fingerprint density at radius 1 is 1.07 bits per heavy atom. The van der Waals surface area contributed by atoms with Crippen LogP contribution in [0.5, 0.6) is 0 Å². The van der Waals surface area contributed by atoms with Gasteiger partial charge in [0, 0.05) is 10.9 Å². The topological polar surface area (TPSA) is 42.0 Å². The number of fused-ring (bicyclic) bond motifs is 1. The first-order chi connectivity index (χ1) is 13.1. The summed E-state index contributed by atoms with van der Waals surface area (Å²) in [7, 11) is 0. The Morgan fingerprint density at radius 3 is 2.32 bits per heavy atom. The second-order valence-electron chi connectivity index (χ2n) is 6.97. The van der Waals surface area contributed by atoms with Gasteiger partial charge in [-0.15, -0.1) is 0 Å². The first-order valence-electron chi connectivity index (χ1n) is 8.64. The van der Waals surface area contributed by atoms with Crippen LogP contribution in [0.1, 0.15) is 25.1 Å². The minimum absolute atomic E-state index is 0.337. The lowest BCUT2D eigenvalue weighted by atomic mass is 9.95.